The molecule has 0 aromatic heterocycles. The van der Waals surface area contributed by atoms with E-state index in [2.05, 4.69) is 123 Å². The van der Waals surface area contributed by atoms with Crippen molar-refractivity contribution in [2.45, 2.75) is 76.3 Å². The van der Waals surface area contributed by atoms with E-state index >= 15 is 0 Å². The SMILES string of the molecule is CCCCC1CC([Si](c2ccccc2)(c2ccccc2)C2CC(CCCC)C3C=CC=CC32)C2C=CC=CC12. The van der Waals surface area contributed by atoms with Crippen molar-refractivity contribution in [3.8, 4) is 0 Å². The molecule has 0 spiro atoms. The Hall–Kier alpha value is -2.38. The third-order valence-corrected chi connectivity index (χ3v) is 17.3. The van der Waals surface area contributed by atoms with E-state index in [1.54, 1.807) is 10.4 Å². The predicted molar refractivity (Wildman–Crippen MR) is 171 cm³/mol. The van der Waals surface area contributed by atoms with Gasteiger partial charge < -0.3 is 0 Å². The zero-order valence-corrected chi connectivity index (χ0v) is 25.2. The molecule has 6 rings (SSSR count). The molecule has 4 aliphatic carbocycles. The lowest BCUT2D eigenvalue weighted by atomic mass is 9.84. The molecule has 0 radical (unpaired) electrons. The highest BCUT2D eigenvalue weighted by atomic mass is 28.3. The van der Waals surface area contributed by atoms with Crippen LogP contribution in [-0.2, 0) is 0 Å². The first-order valence-electron chi connectivity index (χ1n) is 16.1. The maximum absolute atomic E-state index is 2.65. The Morgan fingerprint density at radius 1 is 0.538 bits per heavy atom. The van der Waals surface area contributed by atoms with Gasteiger partial charge in [-0.1, -0.05) is 159 Å². The monoisotopic (exact) mass is 532 g/mol. The van der Waals surface area contributed by atoms with E-state index in [0.717, 1.165) is 22.9 Å². The number of hydrogen-bond acceptors (Lipinski definition) is 0. The van der Waals surface area contributed by atoms with Crippen molar-refractivity contribution in [1.82, 2.24) is 0 Å². The summed E-state index contributed by atoms with van der Waals surface area (Å²) in [5, 5.41) is 3.39. The van der Waals surface area contributed by atoms with Gasteiger partial charge in [-0.15, -0.1) is 0 Å². The highest BCUT2D eigenvalue weighted by Crippen LogP contribution is 2.62. The first kappa shape index (κ1) is 26.8. The van der Waals surface area contributed by atoms with Crippen molar-refractivity contribution in [3.63, 3.8) is 0 Å². The number of fused-ring (bicyclic) bond motifs is 2. The maximum Gasteiger partial charge on any atom is 0.125 e. The van der Waals surface area contributed by atoms with E-state index in [1.807, 2.05) is 0 Å². The Kier molecular flexibility index (Phi) is 8.26. The second-order valence-corrected chi connectivity index (χ2v) is 17.3. The van der Waals surface area contributed by atoms with E-state index in [9.17, 15) is 0 Å². The molecule has 2 fully saturated rings. The fourth-order valence-electron chi connectivity index (χ4n) is 9.57. The maximum atomic E-state index is 2.65. The van der Waals surface area contributed by atoms with Crippen molar-refractivity contribution in [2.75, 3.05) is 0 Å². The molecule has 2 aromatic rings. The molecule has 0 bridgehead atoms. The van der Waals surface area contributed by atoms with Gasteiger partial charge in [0.05, 0.1) is 0 Å². The minimum Gasteiger partial charge on any atom is -0.0808 e. The second-order valence-electron chi connectivity index (χ2n) is 12.9. The normalized spacial score (nSPS) is 32.9. The minimum atomic E-state index is -2.23. The minimum absolute atomic E-state index is 0.667. The summed E-state index contributed by atoms with van der Waals surface area (Å²) < 4.78 is 0. The molecule has 0 nitrogen and oxygen atoms in total. The number of hydrogen-bond donors (Lipinski definition) is 0. The third kappa shape index (κ3) is 4.80. The molecule has 8 unspecified atom stereocenters. The quantitative estimate of drug-likeness (QED) is 0.268. The van der Waals surface area contributed by atoms with Crippen LogP contribution in [0.25, 0.3) is 0 Å². The van der Waals surface area contributed by atoms with Crippen LogP contribution in [0.15, 0.2) is 109 Å². The average molecular weight is 533 g/mol. The fourth-order valence-corrected chi connectivity index (χ4v) is 16.9. The summed E-state index contributed by atoms with van der Waals surface area (Å²) in [5.41, 5.74) is 1.48. The second kappa shape index (κ2) is 12.0. The van der Waals surface area contributed by atoms with Crippen LogP contribution < -0.4 is 10.4 Å². The molecule has 1 heteroatoms. The van der Waals surface area contributed by atoms with Crippen LogP contribution in [0.4, 0.5) is 0 Å². The largest absolute Gasteiger partial charge is 0.125 e. The Labute approximate surface area is 239 Å². The zero-order chi connectivity index (χ0) is 26.7. The molecule has 0 heterocycles. The van der Waals surface area contributed by atoms with Gasteiger partial charge in [0.25, 0.3) is 0 Å². The lowest BCUT2D eigenvalue weighted by Gasteiger charge is -2.48. The third-order valence-electron chi connectivity index (χ3n) is 11.1. The lowest BCUT2D eigenvalue weighted by molar-refractivity contribution is 0.382. The lowest BCUT2D eigenvalue weighted by Crippen LogP contribution is -2.66. The topological polar surface area (TPSA) is 0 Å². The first-order chi connectivity index (χ1) is 19.3. The molecule has 2 saturated carbocycles. The summed E-state index contributed by atoms with van der Waals surface area (Å²) in [5.74, 6) is 4.38. The summed E-state index contributed by atoms with van der Waals surface area (Å²) in [7, 11) is -2.23. The van der Waals surface area contributed by atoms with E-state index in [0.29, 0.717) is 23.7 Å². The number of allylic oxidation sites excluding steroid dienone is 8. The Morgan fingerprint density at radius 2 is 0.923 bits per heavy atom. The molecular weight excluding hydrogens is 485 g/mol. The van der Waals surface area contributed by atoms with Gasteiger partial charge in [-0.3, -0.25) is 0 Å². The van der Waals surface area contributed by atoms with Crippen LogP contribution in [0.3, 0.4) is 0 Å². The van der Waals surface area contributed by atoms with Gasteiger partial charge in [0, 0.05) is 0 Å². The molecule has 8 atom stereocenters. The van der Waals surface area contributed by atoms with Gasteiger partial charge in [0.1, 0.15) is 8.07 Å². The Morgan fingerprint density at radius 3 is 1.31 bits per heavy atom. The molecule has 4 aliphatic rings. The molecule has 0 amide bonds. The zero-order valence-electron chi connectivity index (χ0n) is 24.2. The van der Waals surface area contributed by atoms with Crippen molar-refractivity contribution in [3.05, 3.63) is 109 Å². The van der Waals surface area contributed by atoms with Crippen LogP contribution in [0, 0.1) is 35.5 Å². The van der Waals surface area contributed by atoms with Crippen molar-refractivity contribution in [1.29, 1.82) is 0 Å². The van der Waals surface area contributed by atoms with Crippen LogP contribution >= 0.6 is 0 Å². The van der Waals surface area contributed by atoms with Crippen LogP contribution in [-0.4, -0.2) is 8.07 Å². The fraction of sp³-hybridized carbons (Fsp3) is 0.474. The number of benzene rings is 2. The number of rotatable bonds is 10. The molecule has 39 heavy (non-hydrogen) atoms. The van der Waals surface area contributed by atoms with Crippen molar-refractivity contribution >= 4 is 18.4 Å². The summed E-state index contributed by atoms with van der Waals surface area (Å²) in [6, 6.07) is 24.0. The molecule has 0 N–H and O–H groups in total. The predicted octanol–water partition coefficient (Wildman–Crippen LogP) is 9.13. The van der Waals surface area contributed by atoms with Crippen LogP contribution in [0.5, 0.6) is 0 Å². The van der Waals surface area contributed by atoms with Gasteiger partial charge >= 0.3 is 0 Å². The highest BCUT2D eigenvalue weighted by Gasteiger charge is 2.61. The summed E-state index contributed by atoms with van der Waals surface area (Å²) in [6.07, 6.45) is 30.9. The van der Waals surface area contributed by atoms with Crippen molar-refractivity contribution in [2.24, 2.45) is 35.5 Å². The average Bonchev–Trinajstić information content (AvgIpc) is 3.56. The Balaban J connectivity index is 1.55. The standard InChI is InChI=1S/C38H48Si/c1-3-5-17-29-27-37(35-25-15-13-23-33(29)35)39(31-19-9-7-10-20-31,32-21-11-8-12-22-32)38-28-30(18-6-4-2)34-24-14-16-26-36(34)38/h7-16,19-26,29-30,33-38H,3-6,17-18,27-28H2,1-2H3. The van der Waals surface area contributed by atoms with E-state index in [4.69, 9.17) is 0 Å². The molecule has 2 aromatic carbocycles. The number of unbranched alkanes of at least 4 members (excludes halogenated alkanes) is 2. The van der Waals surface area contributed by atoms with E-state index < -0.39 is 8.07 Å². The van der Waals surface area contributed by atoms with Gasteiger partial charge in [-0.25, -0.2) is 0 Å². The smallest absolute Gasteiger partial charge is 0.0808 e. The van der Waals surface area contributed by atoms with E-state index in [-0.39, 0.29) is 0 Å². The van der Waals surface area contributed by atoms with Crippen LogP contribution in [0.1, 0.15) is 65.2 Å². The van der Waals surface area contributed by atoms with E-state index in [1.165, 1.54) is 51.4 Å². The summed E-state index contributed by atoms with van der Waals surface area (Å²) in [4.78, 5) is 0. The van der Waals surface area contributed by atoms with Crippen LogP contribution in [0.2, 0.25) is 11.1 Å². The van der Waals surface area contributed by atoms with Gasteiger partial charge in [0.15, 0.2) is 0 Å². The Bertz CT molecular complexity index is 1090. The summed E-state index contributed by atoms with van der Waals surface area (Å²) in [6.45, 7) is 4.73. The molecule has 0 saturated heterocycles. The molecular formula is C38H48Si. The first-order valence-corrected chi connectivity index (χ1v) is 18.3. The highest BCUT2D eigenvalue weighted by molar-refractivity contribution is 7.04. The van der Waals surface area contributed by atoms with Gasteiger partial charge in [-0.05, 0) is 72.3 Å². The molecule has 0 aliphatic heterocycles. The van der Waals surface area contributed by atoms with Gasteiger partial charge in [0.2, 0.25) is 0 Å². The van der Waals surface area contributed by atoms with Gasteiger partial charge in [-0.2, -0.15) is 0 Å². The molecule has 204 valence electrons. The van der Waals surface area contributed by atoms with Crippen molar-refractivity contribution < 1.29 is 0 Å². The summed E-state index contributed by atoms with van der Waals surface area (Å²) >= 11 is 0.